The van der Waals surface area contributed by atoms with Gasteiger partial charge in [-0.15, -0.1) is 0 Å². The van der Waals surface area contributed by atoms with Gasteiger partial charge in [0.05, 0.1) is 33.4 Å². The summed E-state index contributed by atoms with van der Waals surface area (Å²) >= 11 is 6.80. The van der Waals surface area contributed by atoms with Crippen LogP contribution in [0.2, 0.25) is 5.02 Å². The van der Waals surface area contributed by atoms with Gasteiger partial charge in [0.1, 0.15) is 18.0 Å². The van der Waals surface area contributed by atoms with Crippen molar-refractivity contribution in [3.8, 4) is 11.3 Å². The topological polar surface area (TPSA) is 94.9 Å². The molecule has 1 atom stereocenters. The van der Waals surface area contributed by atoms with Crippen LogP contribution in [0, 0.1) is 5.82 Å². The second kappa shape index (κ2) is 12.7. The van der Waals surface area contributed by atoms with Crippen molar-refractivity contribution in [1.82, 2.24) is 24.8 Å². The molecule has 3 heterocycles. The Morgan fingerprint density at radius 2 is 1.78 bits per heavy atom. The van der Waals surface area contributed by atoms with Gasteiger partial charge in [0.2, 0.25) is 12.8 Å². The van der Waals surface area contributed by atoms with Crippen LogP contribution in [0.3, 0.4) is 0 Å². The molecule has 1 unspecified atom stereocenters. The number of nitrogens with zero attached hydrogens (tertiary/aromatic N) is 7. The molecular formula is C30H35ClFN7O2. The van der Waals surface area contributed by atoms with Crippen molar-refractivity contribution in [1.29, 1.82) is 0 Å². The minimum Gasteiger partial charge on any atom is -0.350 e. The molecule has 0 radical (unpaired) electrons. The van der Waals surface area contributed by atoms with E-state index < -0.39 is 5.82 Å². The fourth-order valence-corrected chi connectivity index (χ4v) is 5.43. The highest BCUT2D eigenvalue weighted by Gasteiger charge is 2.32. The van der Waals surface area contributed by atoms with E-state index in [1.807, 2.05) is 34.6 Å². The van der Waals surface area contributed by atoms with Gasteiger partial charge >= 0.3 is 0 Å². The number of aliphatic imine (C=N–C) groups is 1. The van der Waals surface area contributed by atoms with Gasteiger partial charge in [0.15, 0.2) is 5.82 Å². The molecule has 1 aliphatic rings. The van der Waals surface area contributed by atoms with E-state index in [2.05, 4.69) is 19.9 Å². The lowest BCUT2D eigenvalue weighted by Gasteiger charge is -2.40. The summed E-state index contributed by atoms with van der Waals surface area (Å²) in [5, 5.41) is 0.206. The molecule has 0 aliphatic carbocycles. The van der Waals surface area contributed by atoms with E-state index >= 15 is 4.39 Å². The SMILES string of the molecule is CN=C(c1cc(Cl)c(-c2ccccc2F)nc1N(C=O)c1c(C(C)C)ncnc1C(C)C)N1CCN(C=O)CC1C. The van der Waals surface area contributed by atoms with Crippen molar-refractivity contribution in [3.63, 3.8) is 0 Å². The second-order valence-electron chi connectivity index (χ2n) is 10.6. The number of anilines is 2. The zero-order chi connectivity index (χ0) is 29.8. The zero-order valence-corrected chi connectivity index (χ0v) is 24.9. The Kier molecular flexibility index (Phi) is 9.32. The van der Waals surface area contributed by atoms with Crippen molar-refractivity contribution in [2.24, 2.45) is 4.99 Å². The first kappa shape index (κ1) is 30.0. The van der Waals surface area contributed by atoms with Gasteiger partial charge in [-0.05, 0) is 37.0 Å². The van der Waals surface area contributed by atoms with Crippen molar-refractivity contribution < 1.29 is 14.0 Å². The Morgan fingerprint density at radius 3 is 2.32 bits per heavy atom. The Hall–Kier alpha value is -3.92. The van der Waals surface area contributed by atoms with Gasteiger partial charge in [-0.1, -0.05) is 51.4 Å². The molecule has 9 nitrogen and oxygen atoms in total. The minimum atomic E-state index is -0.491. The molecule has 0 bridgehead atoms. The standard InChI is InChI=1S/C30H35ClFN7O2/c1-18(2)25-28(26(19(3)4)35-15-34-25)39(17-41)30-22(29(33-6)38-12-11-37(16-40)14-20(38)5)13-23(31)27(36-30)21-9-7-8-10-24(21)32/h7-10,13,15-20H,11-12,14H2,1-6H3. The summed E-state index contributed by atoms with van der Waals surface area (Å²) < 4.78 is 15.0. The van der Waals surface area contributed by atoms with Crippen molar-refractivity contribution >= 4 is 41.8 Å². The van der Waals surface area contributed by atoms with E-state index in [1.165, 1.54) is 17.3 Å². The Labute approximate surface area is 245 Å². The molecule has 1 saturated heterocycles. The molecule has 4 rings (SSSR count). The summed E-state index contributed by atoms with van der Waals surface area (Å²) in [6.07, 6.45) is 3.03. The lowest BCUT2D eigenvalue weighted by molar-refractivity contribution is -0.120. The normalized spacial score (nSPS) is 16.0. The van der Waals surface area contributed by atoms with Crippen LogP contribution in [0.1, 0.15) is 63.4 Å². The van der Waals surface area contributed by atoms with E-state index in [0.29, 0.717) is 54.5 Å². The van der Waals surface area contributed by atoms with Gasteiger partial charge in [-0.2, -0.15) is 0 Å². The third-order valence-corrected chi connectivity index (χ3v) is 7.45. The van der Waals surface area contributed by atoms with Crippen molar-refractivity contribution in [3.05, 3.63) is 64.5 Å². The van der Waals surface area contributed by atoms with Crippen LogP contribution in [-0.2, 0) is 9.59 Å². The largest absolute Gasteiger partial charge is 0.350 e. The summed E-state index contributed by atoms with van der Waals surface area (Å²) in [5.74, 6) is 0.214. The highest BCUT2D eigenvalue weighted by molar-refractivity contribution is 6.33. The number of aromatic nitrogens is 3. The maximum atomic E-state index is 15.0. The average Bonchev–Trinajstić information content (AvgIpc) is 2.95. The highest BCUT2D eigenvalue weighted by atomic mass is 35.5. The summed E-state index contributed by atoms with van der Waals surface area (Å²) in [6, 6.07) is 7.83. The number of hydrogen-bond acceptors (Lipinski definition) is 6. The molecule has 11 heteroatoms. The van der Waals surface area contributed by atoms with Crippen LogP contribution in [0.4, 0.5) is 15.9 Å². The van der Waals surface area contributed by atoms with E-state index in [9.17, 15) is 9.59 Å². The van der Waals surface area contributed by atoms with E-state index in [4.69, 9.17) is 16.6 Å². The molecule has 2 amide bonds. The molecule has 41 heavy (non-hydrogen) atoms. The second-order valence-corrected chi connectivity index (χ2v) is 11.0. The molecule has 3 aromatic rings. The van der Waals surface area contributed by atoms with Gasteiger partial charge < -0.3 is 9.80 Å². The van der Waals surface area contributed by atoms with Crippen LogP contribution in [0.25, 0.3) is 11.3 Å². The van der Waals surface area contributed by atoms with Crippen molar-refractivity contribution in [2.75, 3.05) is 31.6 Å². The van der Waals surface area contributed by atoms with E-state index in [1.54, 1.807) is 36.2 Å². The molecule has 0 N–H and O–H groups in total. The number of pyridine rings is 1. The first-order valence-electron chi connectivity index (χ1n) is 13.6. The molecule has 0 spiro atoms. The zero-order valence-electron chi connectivity index (χ0n) is 24.2. The quantitative estimate of drug-likeness (QED) is 0.201. The molecule has 1 fully saturated rings. The predicted octanol–water partition coefficient (Wildman–Crippen LogP) is 5.41. The number of carbonyl (C=O) groups is 2. The fourth-order valence-electron chi connectivity index (χ4n) is 5.18. The number of piperazine rings is 1. The molecule has 0 saturated carbocycles. The Morgan fingerprint density at radius 1 is 1.12 bits per heavy atom. The van der Waals surface area contributed by atoms with Gasteiger partial charge in [-0.25, -0.2) is 19.3 Å². The average molecular weight is 580 g/mol. The Balaban J connectivity index is 2.02. The minimum absolute atomic E-state index is 0.0366. The number of hydrogen-bond donors (Lipinski definition) is 0. The summed E-state index contributed by atoms with van der Waals surface area (Å²) in [7, 11) is 1.66. The van der Waals surface area contributed by atoms with Crippen molar-refractivity contribution in [2.45, 2.75) is 52.5 Å². The lowest BCUT2D eigenvalue weighted by Crippen LogP contribution is -2.53. The number of benzene rings is 1. The number of amidine groups is 1. The van der Waals surface area contributed by atoms with E-state index in [0.717, 1.165) is 6.41 Å². The van der Waals surface area contributed by atoms with Gasteiger partial charge in [0.25, 0.3) is 0 Å². The maximum Gasteiger partial charge on any atom is 0.220 e. The third kappa shape index (κ3) is 5.93. The lowest BCUT2D eigenvalue weighted by atomic mass is 10.00. The van der Waals surface area contributed by atoms with E-state index in [-0.39, 0.29) is 40.0 Å². The number of halogens is 2. The maximum absolute atomic E-state index is 15.0. The Bertz CT molecular complexity index is 1440. The molecule has 1 aromatic carbocycles. The molecular weight excluding hydrogens is 545 g/mol. The monoisotopic (exact) mass is 579 g/mol. The first-order valence-corrected chi connectivity index (χ1v) is 14.0. The first-order chi connectivity index (χ1) is 19.6. The van der Waals surface area contributed by atoms with Crippen LogP contribution < -0.4 is 4.90 Å². The predicted molar refractivity (Wildman–Crippen MR) is 159 cm³/mol. The molecule has 2 aromatic heterocycles. The number of rotatable bonds is 8. The van der Waals surface area contributed by atoms with Crippen LogP contribution in [-0.4, -0.2) is 76.1 Å². The van der Waals surface area contributed by atoms with Crippen LogP contribution >= 0.6 is 11.6 Å². The summed E-state index contributed by atoms with van der Waals surface area (Å²) in [5.41, 5.74) is 2.76. The smallest absolute Gasteiger partial charge is 0.220 e. The highest BCUT2D eigenvalue weighted by Crippen LogP contribution is 2.40. The van der Waals surface area contributed by atoms with Gasteiger partial charge in [-0.3, -0.25) is 19.5 Å². The third-order valence-electron chi connectivity index (χ3n) is 7.16. The summed E-state index contributed by atoms with van der Waals surface area (Å²) in [4.78, 5) is 48.3. The summed E-state index contributed by atoms with van der Waals surface area (Å²) in [6.45, 7) is 11.5. The van der Waals surface area contributed by atoms with Crippen LogP contribution in [0.15, 0.2) is 41.7 Å². The van der Waals surface area contributed by atoms with Crippen LogP contribution in [0.5, 0.6) is 0 Å². The fraction of sp³-hybridized carbons (Fsp3) is 0.400. The molecule has 216 valence electrons. The number of carbonyl (C=O) groups excluding carboxylic acids is 2. The molecule has 1 aliphatic heterocycles. The van der Waals surface area contributed by atoms with Gasteiger partial charge in [0, 0.05) is 38.3 Å². The number of amides is 2.